The second-order valence-corrected chi connectivity index (χ2v) is 7.16. The zero-order chi connectivity index (χ0) is 18.0. The Morgan fingerprint density at radius 1 is 1.35 bits per heavy atom. The zero-order valence-corrected chi connectivity index (χ0v) is 15.1. The third kappa shape index (κ3) is 3.27. The summed E-state index contributed by atoms with van der Waals surface area (Å²) in [5.41, 5.74) is 0.876. The number of imidazole rings is 1. The Bertz CT molecular complexity index is 753. The number of aromatic nitrogens is 2. The number of hydrogen-bond acceptors (Lipinski definition) is 4. The van der Waals surface area contributed by atoms with Crippen molar-refractivity contribution < 1.29 is 14.3 Å². The fourth-order valence-electron chi connectivity index (χ4n) is 3.99. The molecule has 1 amide bonds. The third-order valence-corrected chi connectivity index (χ3v) is 5.51. The monoisotopic (exact) mass is 355 g/mol. The summed E-state index contributed by atoms with van der Waals surface area (Å²) in [6, 6.07) is 10.1. The van der Waals surface area contributed by atoms with Crippen molar-refractivity contribution in [3.05, 3.63) is 54.1 Å². The number of amides is 1. The SMILES string of the molecule is Cn1ccnc1C(=O)N1CC[C@@]2(CCCO2)[C@@H](OCc2ccccc2)C1. The van der Waals surface area contributed by atoms with Crippen LogP contribution in [0.1, 0.15) is 35.4 Å². The highest BCUT2D eigenvalue weighted by molar-refractivity contribution is 5.91. The van der Waals surface area contributed by atoms with Gasteiger partial charge in [0.15, 0.2) is 5.82 Å². The van der Waals surface area contributed by atoms with Gasteiger partial charge in [0.05, 0.1) is 18.8 Å². The van der Waals surface area contributed by atoms with Crippen molar-refractivity contribution in [2.24, 2.45) is 7.05 Å². The van der Waals surface area contributed by atoms with Gasteiger partial charge in [0.2, 0.25) is 0 Å². The predicted octanol–water partition coefficient (Wildman–Crippen LogP) is 2.40. The first-order valence-corrected chi connectivity index (χ1v) is 9.24. The lowest BCUT2D eigenvalue weighted by atomic mass is 9.85. The Kier molecular flexibility index (Phi) is 4.78. The van der Waals surface area contributed by atoms with Crippen molar-refractivity contribution in [1.82, 2.24) is 14.5 Å². The van der Waals surface area contributed by atoms with Gasteiger partial charge in [-0.2, -0.15) is 0 Å². The molecule has 0 bridgehead atoms. The molecule has 0 radical (unpaired) electrons. The Morgan fingerprint density at radius 2 is 2.19 bits per heavy atom. The highest BCUT2D eigenvalue weighted by atomic mass is 16.6. The van der Waals surface area contributed by atoms with Gasteiger partial charge in [0.1, 0.15) is 6.10 Å². The van der Waals surface area contributed by atoms with Gasteiger partial charge >= 0.3 is 0 Å². The van der Waals surface area contributed by atoms with E-state index in [1.54, 1.807) is 17.0 Å². The first kappa shape index (κ1) is 17.2. The number of benzene rings is 1. The fourth-order valence-corrected chi connectivity index (χ4v) is 3.99. The van der Waals surface area contributed by atoms with Gasteiger partial charge in [-0.1, -0.05) is 30.3 Å². The number of aryl methyl sites for hydroxylation is 1. The maximum absolute atomic E-state index is 12.9. The van der Waals surface area contributed by atoms with Crippen LogP contribution in [0.2, 0.25) is 0 Å². The molecule has 1 spiro atoms. The predicted molar refractivity (Wildman–Crippen MR) is 96.7 cm³/mol. The first-order valence-electron chi connectivity index (χ1n) is 9.24. The lowest BCUT2D eigenvalue weighted by Gasteiger charge is -2.44. The van der Waals surface area contributed by atoms with E-state index in [4.69, 9.17) is 9.47 Å². The summed E-state index contributed by atoms with van der Waals surface area (Å²) in [4.78, 5) is 18.9. The van der Waals surface area contributed by atoms with E-state index in [1.807, 2.05) is 30.1 Å². The van der Waals surface area contributed by atoms with Gasteiger partial charge in [0, 0.05) is 32.6 Å². The van der Waals surface area contributed by atoms with Crippen LogP contribution in [-0.2, 0) is 23.1 Å². The van der Waals surface area contributed by atoms with Crippen molar-refractivity contribution in [3.63, 3.8) is 0 Å². The van der Waals surface area contributed by atoms with Gasteiger partial charge in [-0.15, -0.1) is 0 Å². The maximum atomic E-state index is 12.9. The van der Waals surface area contributed by atoms with Crippen LogP contribution in [0.5, 0.6) is 0 Å². The largest absolute Gasteiger partial charge is 0.372 e. The van der Waals surface area contributed by atoms with Crippen LogP contribution in [-0.4, -0.2) is 51.8 Å². The molecule has 138 valence electrons. The van der Waals surface area contributed by atoms with E-state index in [1.165, 1.54) is 0 Å². The minimum atomic E-state index is -0.257. The van der Waals surface area contributed by atoms with Crippen molar-refractivity contribution in [2.45, 2.75) is 37.6 Å². The summed E-state index contributed by atoms with van der Waals surface area (Å²) in [5.74, 6) is 0.425. The number of ether oxygens (including phenoxy) is 2. The number of carbonyl (C=O) groups excluding carboxylic acids is 1. The molecule has 0 unspecified atom stereocenters. The smallest absolute Gasteiger partial charge is 0.289 e. The van der Waals surface area contributed by atoms with Crippen molar-refractivity contribution in [2.75, 3.05) is 19.7 Å². The van der Waals surface area contributed by atoms with Crippen molar-refractivity contribution >= 4 is 5.91 Å². The lowest BCUT2D eigenvalue weighted by molar-refractivity contribution is -0.153. The molecule has 3 heterocycles. The molecule has 0 saturated carbocycles. The lowest BCUT2D eigenvalue weighted by Crippen LogP contribution is -2.57. The van der Waals surface area contributed by atoms with Gasteiger partial charge in [-0.25, -0.2) is 4.98 Å². The number of rotatable bonds is 4. The molecule has 1 aromatic carbocycles. The van der Waals surface area contributed by atoms with E-state index in [-0.39, 0.29) is 17.6 Å². The standard InChI is InChI=1S/C20H25N3O3/c1-22-12-10-21-18(22)19(24)23-11-9-20(8-5-13-26-20)17(14-23)25-15-16-6-3-2-4-7-16/h2-4,6-7,10,12,17H,5,8-9,11,13-15H2,1H3/t17-,20-/m0/s1. The average Bonchev–Trinajstić information content (AvgIpc) is 3.31. The molecule has 4 rings (SSSR count). The van der Waals surface area contributed by atoms with Crippen LogP contribution in [0.25, 0.3) is 0 Å². The van der Waals surface area contributed by atoms with E-state index in [2.05, 4.69) is 17.1 Å². The quantitative estimate of drug-likeness (QED) is 0.845. The average molecular weight is 355 g/mol. The highest BCUT2D eigenvalue weighted by Crippen LogP contribution is 2.38. The molecular formula is C20H25N3O3. The second kappa shape index (κ2) is 7.21. The molecule has 0 N–H and O–H groups in total. The van der Waals surface area contributed by atoms with Gasteiger partial charge in [-0.3, -0.25) is 4.79 Å². The van der Waals surface area contributed by atoms with Crippen LogP contribution in [0.3, 0.4) is 0 Å². The van der Waals surface area contributed by atoms with Gasteiger partial charge in [0.25, 0.3) is 5.91 Å². The molecule has 1 aromatic heterocycles. The molecule has 0 aliphatic carbocycles. The number of piperidine rings is 1. The molecule has 2 aromatic rings. The van der Waals surface area contributed by atoms with Gasteiger partial charge in [-0.05, 0) is 24.8 Å². The Hall–Kier alpha value is -2.18. The second-order valence-electron chi connectivity index (χ2n) is 7.16. The van der Waals surface area contributed by atoms with Crippen molar-refractivity contribution in [3.8, 4) is 0 Å². The first-order chi connectivity index (χ1) is 12.7. The van der Waals surface area contributed by atoms with Crippen LogP contribution >= 0.6 is 0 Å². The Labute approximate surface area is 153 Å². The zero-order valence-electron chi connectivity index (χ0n) is 15.1. The summed E-state index contributed by atoms with van der Waals surface area (Å²) in [5, 5.41) is 0. The van der Waals surface area contributed by atoms with Crippen LogP contribution in [0.15, 0.2) is 42.7 Å². The molecule has 6 heteroatoms. The summed E-state index contributed by atoms with van der Waals surface area (Å²) in [7, 11) is 1.84. The number of nitrogens with zero attached hydrogens (tertiary/aromatic N) is 3. The van der Waals surface area contributed by atoms with E-state index in [9.17, 15) is 4.79 Å². The summed E-state index contributed by atoms with van der Waals surface area (Å²) in [6.45, 7) is 2.52. The number of hydrogen-bond donors (Lipinski definition) is 0. The van der Waals surface area contributed by atoms with E-state index >= 15 is 0 Å². The highest BCUT2D eigenvalue weighted by Gasteiger charge is 2.48. The maximum Gasteiger partial charge on any atom is 0.289 e. The third-order valence-electron chi connectivity index (χ3n) is 5.51. The van der Waals surface area contributed by atoms with Crippen molar-refractivity contribution in [1.29, 1.82) is 0 Å². The van der Waals surface area contributed by atoms with E-state index in [0.717, 1.165) is 31.4 Å². The Balaban J connectivity index is 1.49. The molecule has 2 atom stereocenters. The van der Waals surface area contributed by atoms with Crippen LogP contribution < -0.4 is 0 Å². The molecule has 6 nitrogen and oxygen atoms in total. The van der Waals surface area contributed by atoms with E-state index in [0.29, 0.717) is 25.5 Å². The number of carbonyl (C=O) groups is 1. The molecule has 26 heavy (non-hydrogen) atoms. The molecular weight excluding hydrogens is 330 g/mol. The summed E-state index contributed by atoms with van der Waals surface area (Å²) < 4.78 is 14.2. The number of likely N-dealkylation sites (tertiary alicyclic amines) is 1. The minimum Gasteiger partial charge on any atom is -0.372 e. The molecule has 2 aliphatic rings. The minimum absolute atomic E-state index is 0.0429. The van der Waals surface area contributed by atoms with Gasteiger partial charge < -0.3 is 18.9 Å². The molecule has 2 aliphatic heterocycles. The van der Waals surface area contributed by atoms with E-state index < -0.39 is 0 Å². The fraction of sp³-hybridized carbons (Fsp3) is 0.500. The Morgan fingerprint density at radius 3 is 2.88 bits per heavy atom. The summed E-state index contributed by atoms with van der Waals surface area (Å²) in [6.07, 6.45) is 6.19. The summed E-state index contributed by atoms with van der Waals surface area (Å²) >= 11 is 0. The topological polar surface area (TPSA) is 56.6 Å². The van der Waals surface area contributed by atoms with Crippen LogP contribution in [0.4, 0.5) is 0 Å². The molecule has 2 saturated heterocycles. The molecule has 2 fully saturated rings. The van der Waals surface area contributed by atoms with Crippen LogP contribution in [0, 0.1) is 0 Å². The normalized spacial score (nSPS) is 25.7.